The molecule has 67 heavy (non-hydrogen) atoms. The molecule has 0 saturated carbocycles. The van der Waals surface area contributed by atoms with Gasteiger partial charge in [0.05, 0.1) is 25.4 Å². The number of hydrogen-bond acceptors (Lipinski definition) is 12. The van der Waals surface area contributed by atoms with E-state index in [2.05, 4.69) is 16.0 Å². The summed E-state index contributed by atoms with van der Waals surface area (Å²) in [5.41, 5.74) is 3.80. The third kappa shape index (κ3) is 42.5. The molecule has 0 aliphatic rings. The van der Waals surface area contributed by atoms with Crippen LogP contribution in [0.4, 0.5) is 0 Å². The number of ether oxygens (including phenoxy) is 5. The predicted molar refractivity (Wildman–Crippen MR) is 262 cm³/mol. The Balaban J connectivity index is 4.04. The summed E-state index contributed by atoms with van der Waals surface area (Å²) in [6, 6.07) is -1.82. The third-order valence-corrected chi connectivity index (χ3v) is 10.5. The minimum atomic E-state index is -1.04. The van der Waals surface area contributed by atoms with Gasteiger partial charge in [-0.3, -0.25) is 19.2 Å². The van der Waals surface area contributed by atoms with Crippen molar-refractivity contribution in [1.29, 1.82) is 0 Å². The van der Waals surface area contributed by atoms with Crippen LogP contribution in [0.15, 0.2) is 0 Å². The van der Waals surface area contributed by atoms with Crippen LogP contribution in [-0.2, 0) is 52.5 Å². The molecule has 0 bridgehead atoms. The molecule has 0 radical (unpaired) electrons. The highest BCUT2D eigenvalue weighted by Crippen LogP contribution is 2.21. The smallest absolute Gasteiger partial charge is 0.335 e. The van der Waals surface area contributed by atoms with E-state index in [9.17, 15) is 28.8 Å². The standard InChI is InChI=1S/C51H96N4O12/c1-49(2,3)65-42(48(62)67-51(7,8)9)30-25-23-21-19-17-15-13-11-10-12-14-16-18-20-22-24-26-31-44(57)55-41(47(61)66-50(4,5)6)32-33-43(56)54-35-36-63-37-38-64-39-45(58)53-34-28-27-29-40(52)46(59)60/h40-42H,10-39,52H2,1-9H3,(H,53,58)(H,54,56)(H,55,57)(H,59,60). The Morgan fingerprint density at radius 2 is 0.940 bits per heavy atom. The summed E-state index contributed by atoms with van der Waals surface area (Å²) in [5.74, 6) is -2.66. The molecule has 0 aromatic rings. The summed E-state index contributed by atoms with van der Waals surface area (Å²) >= 11 is 0. The van der Waals surface area contributed by atoms with Crippen LogP contribution in [0.2, 0.25) is 0 Å². The Kier molecular flexibility index (Phi) is 35.7. The zero-order valence-electron chi connectivity index (χ0n) is 43.5. The van der Waals surface area contributed by atoms with Crippen molar-refractivity contribution < 1.29 is 57.6 Å². The number of hydrogen-bond donors (Lipinski definition) is 5. The maximum Gasteiger partial charge on any atom is 0.335 e. The summed E-state index contributed by atoms with van der Waals surface area (Å²) in [7, 11) is 0. The second kappa shape index (κ2) is 37.5. The van der Waals surface area contributed by atoms with Crippen molar-refractivity contribution >= 4 is 35.6 Å². The number of nitrogens with one attached hydrogen (secondary N) is 3. The number of esters is 2. The van der Waals surface area contributed by atoms with Gasteiger partial charge in [-0.15, -0.1) is 0 Å². The lowest BCUT2D eigenvalue weighted by atomic mass is 10.0. The van der Waals surface area contributed by atoms with Crippen molar-refractivity contribution in [2.24, 2.45) is 5.73 Å². The molecule has 16 heteroatoms. The summed E-state index contributed by atoms with van der Waals surface area (Å²) < 4.78 is 27.9. The quantitative estimate of drug-likeness (QED) is 0.0287. The number of nitrogens with two attached hydrogens (primary N) is 1. The van der Waals surface area contributed by atoms with Gasteiger partial charge in [-0.25, -0.2) is 9.59 Å². The van der Waals surface area contributed by atoms with Crippen molar-refractivity contribution in [1.82, 2.24) is 16.0 Å². The Bertz CT molecular complexity index is 1360. The van der Waals surface area contributed by atoms with E-state index in [0.717, 1.165) is 38.5 Å². The lowest BCUT2D eigenvalue weighted by Gasteiger charge is -2.29. The molecule has 0 rings (SSSR count). The number of amides is 3. The fraction of sp³-hybridized carbons (Fsp3) is 0.882. The molecule has 16 nitrogen and oxygen atoms in total. The number of carbonyl (C=O) groups is 6. The second-order valence-corrected chi connectivity index (χ2v) is 20.8. The molecule has 3 amide bonds. The van der Waals surface area contributed by atoms with Crippen LogP contribution < -0.4 is 21.7 Å². The maximum absolute atomic E-state index is 12.9. The Morgan fingerprint density at radius 3 is 1.45 bits per heavy atom. The van der Waals surface area contributed by atoms with Crippen LogP contribution >= 0.6 is 0 Å². The Hall–Kier alpha value is -3.34. The summed E-state index contributed by atoms with van der Waals surface area (Å²) in [6.45, 7) is 18.0. The van der Waals surface area contributed by atoms with Gasteiger partial charge in [0, 0.05) is 25.9 Å². The molecule has 3 atom stereocenters. The number of rotatable bonds is 41. The number of aliphatic carboxylic acids is 1. The first kappa shape index (κ1) is 63.7. The van der Waals surface area contributed by atoms with E-state index >= 15 is 0 Å². The fourth-order valence-electron chi connectivity index (χ4n) is 7.08. The van der Waals surface area contributed by atoms with Crippen LogP contribution in [0.1, 0.15) is 216 Å². The molecule has 0 aromatic carbocycles. The highest BCUT2D eigenvalue weighted by Gasteiger charge is 2.30. The Labute approximate surface area is 404 Å². The SMILES string of the molecule is CC(C)(C)OC(=O)C(CCC(=O)NCCOCCOCC(=O)NCCCCC(N)C(=O)O)NC(=O)CCCCCCCCCCCCCCCCCCCC(OC(C)(C)C)C(=O)OC(C)(C)C. The molecule has 0 saturated heterocycles. The van der Waals surface area contributed by atoms with Gasteiger partial charge in [0.15, 0.2) is 6.10 Å². The van der Waals surface area contributed by atoms with Crippen molar-refractivity contribution in [3.05, 3.63) is 0 Å². The van der Waals surface area contributed by atoms with E-state index in [0.29, 0.717) is 38.6 Å². The minimum absolute atomic E-state index is 0.0202. The first-order valence-electron chi connectivity index (χ1n) is 25.6. The van der Waals surface area contributed by atoms with Gasteiger partial charge in [0.1, 0.15) is 29.9 Å². The lowest BCUT2D eigenvalue weighted by Crippen LogP contribution is -2.44. The highest BCUT2D eigenvalue weighted by molar-refractivity contribution is 5.85. The highest BCUT2D eigenvalue weighted by atomic mass is 16.6. The summed E-state index contributed by atoms with van der Waals surface area (Å²) in [5, 5.41) is 17.0. The largest absolute Gasteiger partial charge is 0.480 e. The molecule has 0 aromatic heterocycles. The zero-order chi connectivity index (χ0) is 50.6. The van der Waals surface area contributed by atoms with E-state index in [1.165, 1.54) is 70.6 Å². The molecular formula is C51H96N4O12. The maximum atomic E-state index is 12.9. The van der Waals surface area contributed by atoms with Crippen LogP contribution in [0, 0.1) is 0 Å². The van der Waals surface area contributed by atoms with Gasteiger partial charge < -0.3 is 50.5 Å². The van der Waals surface area contributed by atoms with Crippen LogP contribution in [0.5, 0.6) is 0 Å². The summed E-state index contributed by atoms with van der Waals surface area (Å²) in [6.07, 6.45) is 22.0. The summed E-state index contributed by atoms with van der Waals surface area (Å²) in [4.78, 5) is 73.5. The van der Waals surface area contributed by atoms with Crippen molar-refractivity contribution in [2.45, 2.75) is 251 Å². The minimum Gasteiger partial charge on any atom is -0.480 e. The van der Waals surface area contributed by atoms with Gasteiger partial charge in [-0.1, -0.05) is 103 Å². The first-order chi connectivity index (χ1) is 31.5. The van der Waals surface area contributed by atoms with Crippen LogP contribution in [0.25, 0.3) is 0 Å². The van der Waals surface area contributed by atoms with Crippen LogP contribution in [0.3, 0.4) is 0 Å². The number of carboxylic acids is 1. The van der Waals surface area contributed by atoms with E-state index in [1.807, 2.05) is 41.5 Å². The van der Waals surface area contributed by atoms with E-state index in [-0.39, 0.29) is 69.5 Å². The third-order valence-electron chi connectivity index (χ3n) is 10.5. The van der Waals surface area contributed by atoms with E-state index in [1.54, 1.807) is 20.8 Å². The van der Waals surface area contributed by atoms with Gasteiger partial charge in [0.25, 0.3) is 0 Å². The van der Waals surface area contributed by atoms with Gasteiger partial charge in [-0.05, 0) is 101 Å². The molecular weight excluding hydrogens is 861 g/mol. The van der Waals surface area contributed by atoms with Crippen molar-refractivity contribution in [2.75, 3.05) is 39.5 Å². The van der Waals surface area contributed by atoms with Crippen molar-refractivity contribution in [3.8, 4) is 0 Å². The van der Waals surface area contributed by atoms with E-state index in [4.69, 9.17) is 34.5 Å². The first-order valence-corrected chi connectivity index (χ1v) is 25.6. The predicted octanol–water partition coefficient (Wildman–Crippen LogP) is 8.38. The molecule has 0 aliphatic heterocycles. The molecule has 6 N–H and O–H groups in total. The average molecular weight is 957 g/mol. The van der Waals surface area contributed by atoms with Gasteiger partial charge >= 0.3 is 17.9 Å². The zero-order valence-corrected chi connectivity index (χ0v) is 43.5. The molecule has 0 fully saturated rings. The molecule has 392 valence electrons. The molecule has 0 spiro atoms. The fourth-order valence-corrected chi connectivity index (χ4v) is 7.08. The monoisotopic (exact) mass is 957 g/mol. The van der Waals surface area contributed by atoms with Gasteiger partial charge in [-0.2, -0.15) is 0 Å². The average Bonchev–Trinajstić information content (AvgIpc) is 3.21. The molecule has 3 unspecified atom stereocenters. The lowest BCUT2D eigenvalue weighted by molar-refractivity contribution is -0.178. The number of carbonyl (C=O) groups excluding carboxylic acids is 5. The number of carboxylic acid groups (broad SMARTS) is 1. The Morgan fingerprint density at radius 1 is 0.478 bits per heavy atom. The normalized spacial score (nSPS) is 13.3. The molecule has 0 aliphatic carbocycles. The van der Waals surface area contributed by atoms with Crippen LogP contribution in [-0.4, -0.2) is 115 Å². The molecule has 0 heterocycles. The van der Waals surface area contributed by atoms with Gasteiger partial charge in [0.2, 0.25) is 17.7 Å². The van der Waals surface area contributed by atoms with Crippen molar-refractivity contribution in [3.63, 3.8) is 0 Å². The second-order valence-electron chi connectivity index (χ2n) is 20.8. The topological polar surface area (TPSA) is 231 Å². The number of unbranched alkanes of at least 4 members (excludes halogenated alkanes) is 17. The van der Waals surface area contributed by atoms with E-state index < -0.39 is 46.9 Å².